The lowest BCUT2D eigenvalue weighted by Gasteiger charge is -2.22. The first-order valence-corrected chi connectivity index (χ1v) is 6.14. The topological polar surface area (TPSA) is 96.6 Å². The van der Waals surface area contributed by atoms with E-state index in [-0.39, 0.29) is 12.2 Å². The Hall–Kier alpha value is -2.96. The van der Waals surface area contributed by atoms with Gasteiger partial charge >= 0.3 is 5.97 Å². The fourth-order valence-corrected chi connectivity index (χ4v) is 2.12. The Morgan fingerprint density at radius 1 is 1.48 bits per heavy atom. The molecule has 0 atom stereocenters. The Morgan fingerprint density at radius 2 is 2.24 bits per heavy atom. The number of fused-ring (bicyclic) bond motifs is 1. The molecule has 2 aromatic rings. The van der Waals surface area contributed by atoms with E-state index in [2.05, 4.69) is 11.6 Å². The molecule has 7 nitrogen and oxygen atoms in total. The summed E-state index contributed by atoms with van der Waals surface area (Å²) in [7, 11) is 0. The van der Waals surface area contributed by atoms with Gasteiger partial charge in [0.2, 0.25) is 0 Å². The summed E-state index contributed by atoms with van der Waals surface area (Å²) in [4.78, 5) is 27.2. The quantitative estimate of drug-likeness (QED) is 0.497. The molecule has 21 heavy (non-hydrogen) atoms. The summed E-state index contributed by atoms with van der Waals surface area (Å²) in [5, 5.41) is 20.4. The van der Waals surface area contributed by atoms with Crippen molar-refractivity contribution in [2.45, 2.75) is 0 Å². The third-order valence-corrected chi connectivity index (χ3v) is 2.94. The van der Waals surface area contributed by atoms with E-state index in [1.807, 2.05) is 0 Å². The van der Waals surface area contributed by atoms with Crippen molar-refractivity contribution in [3.05, 3.63) is 53.2 Å². The van der Waals surface area contributed by atoms with E-state index in [4.69, 9.17) is 5.11 Å². The molecule has 0 unspecified atom stereocenters. The normalized spacial score (nSPS) is 10.3. The van der Waals surface area contributed by atoms with E-state index in [1.165, 1.54) is 18.3 Å². The number of carbonyl (C=O) groups is 1. The Morgan fingerprint density at radius 3 is 2.86 bits per heavy atom. The van der Waals surface area contributed by atoms with Crippen LogP contribution in [0, 0.1) is 10.1 Å². The fraction of sp³-hybridized carbons (Fsp3) is 0.143. The largest absolute Gasteiger partial charge is 0.480 e. The summed E-state index contributed by atoms with van der Waals surface area (Å²) in [5.41, 5.74) is 0.865. The third kappa shape index (κ3) is 2.97. The van der Waals surface area contributed by atoms with Gasteiger partial charge in [0.1, 0.15) is 12.1 Å². The second-order valence-electron chi connectivity index (χ2n) is 4.32. The van der Waals surface area contributed by atoms with E-state index < -0.39 is 10.9 Å². The van der Waals surface area contributed by atoms with Gasteiger partial charge in [-0.2, -0.15) is 0 Å². The average molecular weight is 287 g/mol. The number of pyridine rings is 1. The maximum atomic E-state index is 11.1. The van der Waals surface area contributed by atoms with Gasteiger partial charge in [-0.15, -0.1) is 6.58 Å². The van der Waals surface area contributed by atoms with Gasteiger partial charge in [0.05, 0.1) is 16.0 Å². The SMILES string of the molecule is C=CCN(CC(=O)O)c1ccc([N+](=O)[O-])c2cccnc12. The monoisotopic (exact) mass is 287 g/mol. The number of rotatable bonds is 6. The molecular formula is C14H13N3O4. The van der Waals surface area contributed by atoms with E-state index in [9.17, 15) is 14.9 Å². The predicted octanol–water partition coefficient (Wildman–Crippen LogP) is 2.22. The molecule has 0 aliphatic rings. The van der Waals surface area contributed by atoms with Crippen LogP contribution in [0.4, 0.5) is 11.4 Å². The van der Waals surface area contributed by atoms with Gasteiger partial charge in [0.25, 0.3) is 5.69 Å². The molecule has 1 aromatic heterocycles. The van der Waals surface area contributed by atoms with Crippen LogP contribution in [0.5, 0.6) is 0 Å². The molecule has 0 bridgehead atoms. The number of carboxylic acid groups (broad SMARTS) is 1. The Labute approximate surface area is 120 Å². The number of carboxylic acids is 1. The zero-order valence-corrected chi connectivity index (χ0v) is 11.1. The van der Waals surface area contributed by atoms with Gasteiger partial charge in [-0.3, -0.25) is 19.9 Å². The zero-order valence-electron chi connectivity index (χ0n) is 11.1. The minimum absolute atomic E-state index is 0.0595. The standard InChI is InChI=1S/C14H13N3O4/c1-2-8-16(9-13(18)19)12-6-5-11(17(20)21)10-4-3-7-15-14(10)12/h2-7H,1,8-9H2,(H,18,19). The van der Waals surface area contributed by atoms with Crippen LogP contribution in [0.3, 0.4) is 0 Å². The second-order valence-corrected chi connectivity index (χ2v) is 4.32. The van der Waals surface area contributed by atoms with Crippen molar-refractivity contribution in [3.63, 3.8) is 0 Å². The van der Waals surface area contributed by atoms with Crippen LogP contribution in [0.25, 0.3) is 10.9 Å². The van der Waals surface area contributed by atoms with Crippen molar-refractivity contribution >= 4 is 28.2 Å². The maximum Gasteiger partial charge on any atom is 0.323 e. The van der Waals surface area contributed by atoms with Crippen LogP contribution in [0.2, 0.25) is 0 Å². The number of aliphatic carboxylic acids is 1. The summed E-state index contributed by atoms with van der Waals surface area (Å²) >= 11 is 0. The summed E-state index contributed by atoms with van der Waals surface area (Å²) in [5.74, 6) is -1.00. The van der Waals surface area contributed by atoms with Crippen LogP contribution in [0.1, 0.15) is 0 Å². The van der Waals surface area contributed by atoms with Crippen molar-refractivity contribution in [2.75, 3.05) is 18.0 Å². The molecule has 108 valence electrons. The van der Waals surface area contributed by atoms with Crippen molar-refractivity contribution in [1.29, 1.82) is 0 Å². The number of hydrogen-bond acceptors (Lipinski definition) is 5. The molecule has 0 saturated carbocycles. The summed E-state index contributed by atoms with van der Waals surface area (Å²) in [6.45, 7) is 3.66. The molecule has 1 N–H and O–H groups in total. The van der Waals surface area contributed by atoms with Gasteiger partial charge in [-0.25, -0.2) is 0 Å². The highest BCUT2D eigenvalue weighted by Crippen LogP contribution is 2.31. The average Bonchev–Trinajstić information content (AvgIpc) is 2.45. The van der Waals surface area contributed by atoms with Crippen molar-refractivity contribution in [3.8, 4) is 0 Å². The first kappa shape index (κ1) is 14.4. The minimum atomic E-state index is -1.00. The van der Waals surface area contributed by atoms with Gasteiger partial charge in [-0.1, -0.05) is 6.08 Å². The smallest absolute Gasteiger partial charge is 0.323 e. The molecule has 1 heterocycles. The van der Waals surface area contributed by atoms with Gasteiger partial charge in [-0.05, 0) is 18.2 Å². The number of hydrogen-bond donors (Lipinski definition) is 1. The molecular weight excluding hydrogens is 274 g/mol. The summed E-state index contributed by atoms with van der Waals surface area (Å²) in [6, 6.07) is 6.07. The van der Waals surface area contributed by atoms with E-state index in [0.717, 1.165) is 0 Å². The highest BCUT2D eigenvalue weighted by Gasteiger charge is 2.19. The molecule has 0 aliphatic heterocycles. The van der Waals surface area contributed by atoms with Crippen LogP contribution >= 0.6 is 0 Å². The maximum absolute atomic E-state index is 11.1. The van der Waals surface area contributed by atoms with Gasteiger partial charge < -0.3 is 10.0 Å². The third-order valence-electron chi connectivity index (χ3n) is 2.94. The second kappa shape index (κ2) is 6.00. The minimum Gasteiger partial charge on any atom is -0.480 e. The number of aromatic nitrogens is 1. The molecule has 2 rings (SSSR count). The Balaban J connectivity index is 2.63. The number of nitro benzene ring substituents is 1. The van der Waals surface area contributed by atoms with Crippen LogP contribution in [-0.4, -0.2) is 34.1 Å². The Kier molecular flexibility index (Phi) is 4.13. The molecule has 0 fully saturated rings. The number of benzene rings is 1. The summed E-state index contributed by atoms with van der Waals surface area (Å²) in [6.07, 6.45) is 3.08. The van der Waals surface area contributed by atoms with Crippen LogP contribution in [0.15, 0.2) is 43.1 Å². The molecule has 0 saturated heterocycles. The summed E-state index contributed by atoms with van der Waals surface area (Å²) < 4.78 is 0. The zero-order chi connectivity index (χ0) is 15.4. The van der Waals surface area contributed by atoms with Crippen molar-refractivity contribution < 1.29 is 14.8 Å². The van der Waals surface area contributed by atoms with Gasteiger partial charge in [0.15, 0.2) is 0 Å². The molecule has 0 radical (unpaired) electrons. The van der Waals surface area contributed by atoms with E-state index in [0.29, 0.717) is 23.1 Å². The molecule has 0 amide bonds. The number of anilines is 1. The molecule has 1 aromatic carbocycles. The lowest BCUT2D eigenvalue weighted by atomic mass is 10.1. The van der Waals surface area contributed by atoms with E-state index in [1.54, 1.807) is 23.1 Å². The Bertz CT molecular complexity index is 714. The lowest BCUT2D eigenvalue weighted by Crippen LogP contribution is -2.30. The first-order valence-electron chi connectivity index (χ1n) is 6.14. The highest BCUT2D eigenvalue weighted by molar-refractivity contribution is 5.97. The molecule has 0 aliphatic carbocycles. The predicted molar refractivity (Wildman–Crippen MR) is 78.4 cm³/mol. The lowest BCUT2D eigenvalue weighted by molar-refractivity contribution is -0.383. The number of non-ortho nitro benzene ring substituents is 1. The van der Waals surface area contributed by atoms with Crippen molar-refractivity contribution in [1.82, 2.24) is 4.98 Å². The fourth-order valence-electron chi connectivity index (χ4n) is 2.12. The molecule has 7 heteroatoms. The number of nitro groups is 1. The van der Waals surface area contributed by atoms with Gasteiger partial charge in [0, 0.05) is 18.8 Å². The van der Waals surface area contributed by atoms with E-state index >= 15 is 0 Å². The van der Waals surface area contributed by atoms with Crippen LogP contribution in [-0.2, 0) is 4.79 Å². The highest BCUT2D eigenvalue weighted by atomic mass is 16.6. The van der Waals surface area contributed by atoms with Crippen molar-refractivity contribution in [2.24, 2.45) is 0 Å². The molecule has 0 spiro atoms. The van der Waals surface area contributed by atoms with Crippen LogP contribution < -0.4 is 4.90 Å². The first-order chi connectivity index (χ1) is 10.0. The number of nitrogens with zero attached hydrogens (tertiary/aromatic N) is 3.